The van der Waals surface area contributed by atoms with Crippen molar-refractivity contribution in [2.24, 2.45) is 10.7 Å². The molecule has 1 atom stereocenters. The molecule has 2 rings (SSSR count). The quantitative estimate of drug-likeness (QED) is 0.191. The number of carboxylic acids is 1. The van der Waals surface area contributed by atoms with Gasteiger partial charge in [0.05, 0.1) is 11.5 Å². The minimum Gasteiger partial charge on any atom is -0.494 e. The summed E-state index contributed by atoms with van der Waals surface area (Å²) in [6, 6.07) is 13.0. The lowest BCUT2D eigenvalue weighted by Crippen LogP contribution is -2.48. The molecule has 0 saturated heterocycles. The Bertz CT molecular complexity index is 1060. The van der Waals surface area contributed by atoms with Gasteiger partial charge in [0, 0.05) is 25.1 Å². The van der Waals surface area contributed by atoms with E-state index < -0.39 is 27.9 Å². The number of carboxylic acid groups (broad SMARTS) is 1. The summed E-state index contributed by atoms with van der Waals surface area (Å²) < 4.78 is 32.3. The molecule has 0 radical (unpaired) electrons. The zero-order valence-electron chi connectivity index (χ0n) is 18.2. The highest BCUT2D eigenvalue weighted by molar-refractivity contribution is 7.89. The third kappa shape index (κ3) is 8.54. The molecule has 0 aromatic heterocycles. The Morgan fingerprint density at radius 2 is 1.79 bits per heavy atom. The molecule has 0 unspecified atom stereocenters. The maximum Gasteiger partial charge on any atom is 0.323 e. The normalized spacial score (nSPS) is 12.7. The van der Waals surface area contributed by atoms with E-state index in [0.29, 0.717) is 24.6 Å². The zero-order valence-corrected chi connectivity index (χ0v) is 19.0. The lowest BCUT2D eigenvalue weighted by Gasteiger charge is -2.15. The van der Waals surface area contributed by atoms with Gasteiger partial charge in [-0.15, -0.1) is 0 Å². The fourth-order valence-electron chi connectivity index (χ4n) is 2.74. The van der Waals surface area contributed by atoms with E-state index in [1.807, 2.05) is 6.92 Å². The third-order valence-corrected chi connectivity index (χ3v) is 5.94. The zero-order chi connectivity index (χ0) is 24.3. The molecule has 0 spiro atoms. The number of aliphatic carboxylic acids is 1. The number of hydrogen-bond acceptors (Lipinski definition) is 6. The van der Waals surface area contributed by atoms with Crippen LogP contribution in [0, 0.1) is 0 Å². The standard InChI is InChI=1S/C22H28N4O6S/c1-2-24-21(23)16-10-12-17(13-11-16)32-14-6-9-20(27)25-15-19(22(28)29)26-33(30,31)18-7-4-3-5-8-18/h3-5,7-8,10-13,19,26H,2,6,9,14-15H2,1H3,(H2,23,24)(H,25,27)(H,28,29)/t19-/m0/s1. The summed E-state index contributed by atoms with van der Waals surface area (Å²) in [5, 5.41) is 11.7. The van der Waals surface area contributed by atoms with Gasteiger partial charge in [0.15, 0.2) is 0 Å². The largest absolute Gasteiger partial charge is 0.494 e. The van der Waals surface area contributed by atoms with Crippen molar-refractivity contribution >= 4 is 27.7 Å². The van der Waals surface area contributed by atoms with Gasteiger partial charge in [-0.25, -0.2) is 8.42 Å². The van der Waals surface area contributed by atoms with Crippen LogP contribution in [0.15, 0.2) is 64.5 Å². The smallest absolute Gasteiger partial charge is 0.323 e. The summed E-state index contributed by atoms with van der Waals surface area (Å²) >= 11 is 0. The number of amidine groups is 1. The molecule has 1 amide bonds. The summed E-state index contributed by atoms with van der Waals surface area (Å²) in [7, 11) is -4.03. The average Bonchev–Trinajstić information content (AvgIpc) is 2.80. The van der Waals surface area contributed by atoms with E-state index in [2.05, 4.69) is 15.0 Å². The molecule has 0 aliphatic heterocycles. The van der Waals surface area contributed by atoms with Crippen LogP contribution in [0.3, 0.4) is 0 Å². The van der Waals surface area contributed by atoms with E-state index in [1.165, 1.54) is 24.3 Å². The molecule has 0 aliphatic rings. The number of ether oxygens (including phenoxy) is 1. The summed E-state index contributed by atoms with van der Waals surface area (Å²) in [6.45, 7) is 2.38. The second kappa shape index (κ2) is 12.6. The van der Waals surface area contributed by atoms with E-state index >= 15 is 0 Å². The van der Waals surface area contributed by atoms with Crippen molar-refractivity contribution in [3.05, 3.63) is 60.2 Å². The van der Waals surface area contributed by atoms with Gasteiger partial charge in [0.2, 0.25) is 15.9 Å². The maximum atomic E-state index is 12.3. The summed E-state index contributed by atoms with van der Waals surface area (Å²) in [5.74, 6) is -0.745. The highest BCUT2D eigenvalue weighted by atomic mass is 32.2. The van der Waals surface area contributed by atoms with Crippen LogP contribution in [-0.2, 0) is 19.6 Å². The van der Waals surface area contributed by atoms with Gasteiger partial charge in [-0.2, -0.15) is 4.72 Å². The van der Waals surface area contributed by atoms with Crippen molar-refractivity contribution in [1.82, 2.24) is 10.0 Å². The Morgan fingerprint density at radius 1 is 1.12 bits per heavy atom. The monoisotopic (exact) mass is 476 g/mol. The van der Waals surface area contributed by atoms with Gasteiger partial charge in [-0.05, 0) is 49.7 Å². The highest BCUT2D eigenvalue weighted by Gasteiger charge is 2.25. The Hall–Kier alpha value is -3.44. The molecular weight excluding hydrogens is 448 g/mol. The van der Waals surface area contributed by atoms with Crippen LogP contribution >= 0.6 is 0 Å². The number of nitrogens with one attached hydrogen (secondary N) is 2. The molecule has 33 heavy (non-hydrogen) atoms. The molecule has 2 aromatic rings. The van der Waals surface area contributed by atoms with Crippen molar-refractivity contribution in [2.45, 2.75) is 30.7 Å². The average molecular weight is 477 g/mol. The number of nitrogens with zero attached hydrogens (tertiary/aromatic N) is 1. The first-order valence-corrected chi connectivity index (χ1v) is 11.8. The number of carbonyl (C=O) groups is 2. The van der Waals surface area contributed by atoms with Crippen LogP contribution in [0.5, 0.6) is 5.75 Å². The SMILES string of the molecule is CCN=C(N)c1ccc(OCCCC(=O)NC[C@H](NS(=O)(=O)c2ccccc2)C(=O)O)cc1. The number of nitrogens with two attached hydrogens (primary N) is 1. The van der Waals surface area contributed by atoms with E-state index in [1.54, 1.807) is 30.3 Å². The number of amides is 1. The third-order valence-electron chi connectivity index (χ3n) is 4.45. The van der Waals surface area contributed by atoms with Gasteiger partial charge in [0.25, 0.3) is 0 Å². The number of benzene rings is 2. The fraction of sp³-hybridized carbons (Fsp3) is 0.318. The number of aliphatic imine (C=N–C) groups is 1. The number of sulfonamides is 1. The molecule has 0 fully saturated rings. The van der Waals surface area contributed by atoms with Crippen LogP contribution in [0.2, 0.25) is 0 Å². The van der Waals surface area contributed by atoms with Crippen LogP contribution in [0.4, 0.5) is 0 Å². The molecule has 5 N–H and O–H groups in total. The van der Waals surface area contributed by atoms with Crippen LogP contribution in [0.25, 0.3) is 0 Å². The van der Waals surface area contributed by atoms with Crippen molar-refractivity contribution in [1.29, 1.82) is 0 Å². The summed E-state index contributed by atoms with van der Waals surface area (Å²) in [4.78, 5) is 27.5. The van der Waals surface area contributed by atoms with E-state index in [-0.39, 0.29) is 24.5 Å². The molecule has 0 saturated carbocycles. The Labute approximate surface area is 192 Å². The molecule has 0 aliphatic carbocycles. The van der Waals surface area contributed by atoms with Gasteiger partial charge in [0.1, 0.15) is 17.6 Å². The molecule has 11 heteroatoms. The van der Waals surface area contributed by atoms with Gasteiger partial charge in [-0.3, -0.25) is 14.6 Å². The minimum absolute atomic E-state index is 0.0620. The van der Waals surface area contributed by atoms with Crippen LogP contribution in [-0.4, -0.2) is 57.0 Å². The Kier molecular flexibility index (Phi) is 9.83. The number of rotatable bonds is 13. The van der Waals surface area contributed by atoms with Crippen molar-refractivity contribution in [3.63, 3.8) is 0 Å². The lowest BCUT2D eigenvalue weighted by molar-refractivity contribution is -0.138. The predicted molar refractivity (Wildman–Crippen MR) is 124 cm³/mol. The van der Waals surface area contributed by atoms with Crippen molar-refractivity contribution in [3.8, 4) is 5.75 Å². The van der Waals surface area contributed by atoms with Gasteiger partial charge >= 0.3 is 5.97 Å². The highest BCUT2D eigenvalue weighted by Crippen LogP contribution is 2.13. The second-order valence-corrected chi connectivity index (χ2v) is 8.68. The van der Waals surface area contributed by atoms with E-state index in [9.17, 15) is 23.1 Å². The number of carbonyl (C=O) groups excluding carboxylic acids is 1. The first-order valence-electron chi connectivity index (χ1n) is 10.3. The Morgan fingerprint density at radius 3 is 2.39 bits per heavy atom. The van der Waals surface area contributed by atoms with E-state index in [4.69, 9.17) is 10.5 Å². The van der Waals surface area contributed by atoms with Crippen molar-refractivity contribution in [2.75, 3.05) is 19.7 Å². The second-order valence-electron chi connectivity index (χ2n) is 6.97. The molecule has 2 aromatic carbocycles. The van der Waals surface area contributed by atoms with Crippen LogP contribution < -0.4 is 20.5 Å². The Balaban J connectivity index is 1.76. The van der Waals surface area contributed by atoms with Gasteiger partial charge in [-0.1, -0.05) is 18.2 Å². The van der Waals surface area contributed by atoms with Gasteiger partial charge < -0.3 is 20.9 Å². The fourth-order valence-corrected chi connectivity index (χ4v) is 3.96. The van der Waals surface area contributed by atoms with Crippen molar-refractivity contribution < 1.29 is 27.9 Å². The maximum absolute atomic E-state index is 12.3. The first kappa shape index (κ1) is 25.8. The molecule has 10 nitrogen and oxygen atoms in total. The lowest BCUT2D eigenvalue weighted by atomic mass is 10.2. The number of hydrogen-bond donors (Lipinski definition) is 4. The minimum atomic E-state index is -4.03. The topological polar surface area (TPSA) is 160 Å². The molecular formula is C22H28N4O6S. The summed E-state index contributed by atoms with van der Waals surface area (Å²) in [5.41, 5.74) is 6.62. The first-order chi connectivity index (χ1) is 15.7. The molecule has 0 bridgehead atoms. The molecule has 178 valence electrons. The predicted octanol–water partition coefficient (Wildman–Crippen LogP) is 1.12. The summed E-state index contributed by atoms with van der Waals surface area (Å²) in [6.07, 6.45) is 0.479. The van der Waals surface area contributed by atoms with E-state index in [0.717, 1.165) is 5.56 Å². The molecule has 0 heterocycles. The van der Waals surface area contributed by atoms with Crippen LogP contribution in [0.1, 0.15) is 25.3 Å².